The third kappa shape index (κ3) is 2.60. The summed E-state index contributed by atoms with van der Waals surface area (Å²) >= 11 is 0. The van der Waals surface area contributed by atoms with Crippen molar-refractivity contribution in [1.82, 2.24) is 9.61 Å². The Bertz CT molecular complexity index is 1000. The van der Waals surface area contributed by atoms with Crippen molar-refractivity contribution < 1.29 is 9.53 Å². The van der Waals surface area contributed by atoms with Gasteiger partial charge in [0.1, 0.15) is 12.3 Å². The molecule has 3 aromatic rings. The Morgan fingerprint density at radius 1 is 1.20 bits per heavy atom. The van der Waals surface area contributed by atoms with Crippen molar-refractivity contribution in [3.63, 3.8) is 0 Å². The van der Waals surface area contributed by atoms with Crippen LogP contribution in [0, 0.1) is 0 Å². The molecular weight excluding hydrogens is 316 g/mol. The Labute approximate surface area is 144 Å². The molecule has 2 N–H and O–H groups in total. The third-order valence-electron chi connectivity index (χ3n) is 4.35. The van der Waals surface area contributed by atoms with Gasteiger partial charge in [-0.3, -0.25) is 9.79 Å². The quantitative estimate of drug-likeness (QED) is 0.794. The second kappa shape index (κ2) is 6.14. The zero-order valence-electron chi connectivity index (χ0n) is 13.9. The predicted octanol–water partition coefficient (Wildman–Crippen LogP) is 2.34. The van der Waals surface area contributed by atoms with Gasteiger partial charge in [-0.05, 0) is 24.6 Å². The molecule has 0 radical (unpaired) electrons. The van der Waals surface area contributed by atoms with E-state index in [1.807, 2.05) is 49.6 Å². The Morgan fingerprint density at radius 2 is 2.08 bits per heavy atom. The molecule has 0 amide bonds. The van der Waals surface area contributed by atoms with Crippen LogP contribution in [0.5, 0.6) is 5.75 Å². The molecule has 1 aromatic carbocycles. The monoisotopic (exact) mass is 334 g/mol. The number of aromatic nitrogens is 2. The third-order valence-corrected chi connectivity index (χ3v) is 4.35. The van der Waals surface area contributed by atoms with E-state index in [2.05, 4.69) is 10.1 Å². The first kappa shape index (κ1) is 15.5. The fourth-order valence-electron chi connectivity index (χ4n) is 3.15. The summed E-state index contributed by atoms with van der Waals surface area (Å²) in [5.74, 6) is 0.825. The second-order valence-corrected chi connectivity index (χ2v) is 5.83. The van der Waals surface area contributed by atoms with Gasteiger partial charge in [-0.1, -0.05) is 12.1 Å². The minimum atomic E-state index is 0.0252. The van der Waals surface area contributed by atoms with Crippen LogP contribution < -0.4 is 10.5 Å². The van der Waals surface area contributed by atoms with Gasteiger partial charge in [0.05, 0.1) is 24.0 Å². The topological polar surface area (TPSA) is 82.0 Å². The van der Waals surface area contributed by atoms with E-state index in [0.29, 0.717) is 18.7 Å². The molecule has 2 aromatic heterocycles. The van der Waals surface area contributed by atoms with Crippen molar-refractivity contribution in [1.29, 1.82) is 0 Å². The molecule has 1 aliphatic heterocycles. The molecule has 6 heteroatoms. The van der Waals surface area contributed by atoms with E-state index in [9.17, 15) is 4.79 Å². The molecule has 0 fully saturated rings. The highest BCUT2D eigenvalue weighted by Crippen LogP contribution is 2.30. The van der Waals surface area contributed by atoms with Crippen LogP contribution in [0.15, 0.2) is 47.7 Å². The second-order valence-electron chi connectivity index (χ2n) is 5.83. The van der Waals surface area contributed by atoms with Crippen molar-refractivity contribution in [2.75, 3.05) is 19.7 Å². The van der Waals surface area contributed by atoms with Crippen molar-refractivity contribution >= 4 is 17.0 Å². The first-order chi connectivity index (χ1) is 12.2. The molecule has 1 aliphatic rings. The van der Waals surface area contributed by atoms with Crippen LogP contribution in [-0.4, -0.2) is 40.8 Å². The lowest BCUT2D eigenvalue weighted by Crippen LogP contribution is -2.24. The highest BCUT2D eigenvalue weighted by molar-refractivity contribution is 6.16. The van der Waals surface area contributed by atoms with E-state index in [1.165, 1.54) is 0 Å². The smallest absolute Gasteiger partial charge is 0.184 e. The number of ketones is 1. The number of ether oxygens (including phenoxy) is 1. The molecule has 0 saturated carbocycles. The van der Waals surface area contributed by atoms with Gasteiger partial charge in [-0.25, -0.2) is 4.52 Å². The zero-order chi connectivity index (χ0) is 17.4. The van der Waals surface area contributed by atoms with Crippen molar-refractivity contribution in [2.24, 2.45) is 10.7 Å². The standard InChI is InChI=1S/C19H18N4O2/c1-2-25-13-5-6-23-18(8-13)16(10-22-23)12-3-4-14-15(7-12)17(9-20)21-11-19(14)24/h3-8,10H,2,9,11,20H2,1H3. The van der Waals surface area contributed by atoms with E-state index in [0.717, 1.165) is 33.7 Å². The molecule has 0 aliphatic carbocycles. The molecule has 4 rings (SSSR count). The maximum Gasteiger partial charge on any atom is 0.184 e. The SMILES string of the molecule is CCOc1ccn2ncc(-c3ccc4c(c3)C(CN)=NCC4=O)c2c1. The van der Waals surface area contributed by atoms with E-state index in [-0.39, 0.29) is 12.3 Å². The summed E-state index contributed by atoms with van der Waals surface area (Å²) in [6, 6.07) is 9.63. The van der Waals surface area contributed by atoms with Gasteiger partial charge in [0.25, 0.3) is 0 Å². The van der Waals surface area contributed by atoms with E-state index >= 15 is 0 Å². The number of aliphatic imine (C=N–C) groups is 1. The van der Waals surface area contributed by atoms with Gasteiger partial charge in [-0.15, -0.1) is 0 Å². The summed E-state index contributed by atoms with van der Waals surface area (Å²) in [6.45, 7) is 3.05. The molecule has 0 saturated heterocycles. The maximum absolute atomic E-state index is 12.1. The normalized spacial score (nSPS) is 13.7. The first-order valence-electron chi connectivity index (χ1n) is 8.23. The largest absolute Gasteiger partial charge is 0.494 e. The summed E-state index contributed by atoms with van der Waals surface area (Å²) in [6.07, 6.45) is 3.69. The Hall–Kier alpha value is -2.99. The minimum absolute atomic E-state index is 0.0252. The Morgan fingerprint density at radius 3 is 2.88 bits per heavy atom. The van der Waals surface area contributed by atoms with Gasteiger partial charge in [-0.2, -0.15) is 5.10 Å². The fourth-order valence-corrected chi connectivity index (χ4v) is 3.15. The highest BCUT2D eigenvalue weighted by Gasteiger charge is 2.21. The Kier molecular flexibility index (Phi) is 3.82. The van der Waals surface area contributed by atoms with Gasteiger partial charge in [0, 0.05) is 35.5 Å². The molecule has 126 valence electrons. The number of hydrogen-bond acceptors (Lipinski definition) is 5. The number of hydrogen-bond donors (Lipinski definition) is 1. The summed E-state index contributed by atoms with van der Waals surface area (Å²) < 4.78 is 7.40. The van der Waals surface area contributed by atoms with Crippen LogP contribution in [0.1, 0.15) is 22.8 Å². The number of nitrogens with two attached hydrogens (primary N) is 1. The lowest BCUT2D eigenvalue weighted by atomic mass is 9.93. The predicted molar refractivity (Wildman–Crippen MR) is 96.6 cm³/mol. The van der Waals surface area contributed by atoms with Crippen LogP contribution in [0.3, 0.4) is 0 Å². The molecule has 0 spiro atoms. The molecule has 0 atom stereocenters. The van der Waals surface area contributed by atoms with Gasteiger partial charge >= 0.3 is 0 Å². The molecule has 6 nitrogen and oxygen atoms in total. The van der Waals surface area contributed by atoms with Crippen LogP contribution in [0.2, 0.25) is 0 Å². The average molecular weight is 334 g/mol. The van der Waals surface area contributed by atoms with Gasteiger partial charge in [0.2, 0.25) is 0 Å². The van der Waals surface area contributed by atoms with Crippen molar-refractivity contribution in [3.05, 3.63) is 53.9 Å². The minimum Gasteiger partial charge on any atom is -0.494 e. The number of benzene rings is 1. The van der Waals surface area contributed by atoms with Gasteiger partial charge in [0.15, 0.2) is 5.78 Å². The molecule has 0 bridgehead atoms. The molecule has 0 unspecified atom stereocenters. The van der Waals surface area contributed by atoms with E-state index in [4.69, 9.17) is 10.5 Å². The average Bonchev–Trinajstić information content (AvgIpc) is 3.05. The first-order valence-corrected chi connectivity index (χ1v) is 8.23. The summed E-state index contributed by atoms with van der Waals surface area (Å²) in [4.78, 5) is 16.4. The van der Waals surface area contributed by atoms with Crippen LogP contribution in [0.25, 0.3) is 16.6 Å². The summed E-state index contributed by atoms with van der Waals surface area (Å²) in [5.41, 5.74) is 11.0. The number of Topliss-reactive ketones (excluding diaryl/α,β-unsaturated/α-hetero) is 1. The number of rotatable bonds is 4. The van der Waals surface area contributed by atoms with Crippen LogP contribution in [0.4, 0.5) is 0 Å². The van der Waals surface area contributed by atoms with Crippen LogP contribution in [-0.2, 0) is 0 Å². The van der Waals surface area contributed by atoms with Crippen LogP contribution >= 0.6 is 0 Å². The molecular formula is C19H18N4O2. The van der Waals surface area contributed by atoms with Crippen molar-refractivity contribution in [2.45, 2.75) is 6.92 Å². The maximum atomic E-state index is 12.1. The Balaban J connectivity index is 1.86. The number of carbonyl (C=O) groups excluding carboxylic acids is 1. The molecule has 25 heavy (non-hydrogen) atoms. The lowest BCUT2D eigenvalue weighted by molar-refractivity contribution is 0.1000. The number of carbonyl (C=O) groups is 1. The van der Waals surface area contributed by atoms with E-state index < -0.39 is 0 Å². The number of fused-ring (bicyclic) bond motifs is 2. The van der Waals surface area contributed by atoms with Crippen molar-refractivity contribution in [3.8, 4) is 16.9 Å². The van der Waals surface area contributed by atoms with E-state index in [1.54, 1.807) is 4.52 Å². The summed E-state index contributed by atoms with van der Waals surface area (Å²) in [7, 11) is 0. The lowest BCUT2D eigenvalue weighted by Gasteiger charge is -2.16. The summed E-state index contributed by atoms with van der Waals surface area (Å²) in [5, 5.41) is 4.40. The molecule has 3 heterocycles. The number of pyridine rings is 1. The van der Waals surface area contributed by atoms with Gasteiger partial charge < -0.3 is 10.5 Å². The highest BCUT2D eigenvalue weighted by atomic mass is 16.5. The zero-order valence-corrected chi connectivity index (χ0v) is 13.9. The number of nitrogens with zero attached hydrogens (tertiary/aromatic N) is 3. The fraction of sp³-hybridized carbons (Fsp3) is 0.211.